The summed E-state index contributed by atoms with van der Waals surface area (Å²) in [6.45, 7) is 13.4. The zero-order chi connectivity index (χ0) is 30.3. The number of carbonyl (C=O) groups excluding carboxylic acids is 2. The minimum atomic E-state index is 0.595. The Hall–Kier alpha value is -3.81. The van der Waals surface area contributed by atoms with E-state index in [-0.39, 0.29) is 0 Å². The standard InChI is InChI=1S/C18H20N4.C9H11Cl.C3H9N.2CH2O/c1-3-6-13-9-11-14(12-10-13)20-18-17(19-2)21-15-7-4-5-8-16(15)22-18;1-7(2)8-3-5-9(10)6-4-8;1-2-3-4;2*1-2/h4-5,7-12H,3,6H2,1-2H3,(H,19,21)(H,20,22);3-7H,1-2H3;2-4H2,1H3;2*1H2. The highest BCUT2D eigenvalue weighted by Crippen LogP contribution is 2.24. The Morgan fingerprint density at radius 3 is 1.73 bits per heavy atom. The summed E-state index contributed by atoms with van der Waals surface area (Å²) >= 11 is 5.72. The van der Waals surface area contributed by atoms with Crippen LogP contribution in [0, 0.1) is 0 Å². The van der Waals surface area contributed by atoms with Crippen LogP contribution >= 0.6 is 11.6 Å². The van der Waals surface area contributed by atoms with Gasteiger partial charge in [0.15, 0.2) is 11.6 Å². The Morgan fingerprint density at radius 2 is 1.30 bits per heavy atom. The highest BCUT2D eigenvalue weighted by molar-refractivity contribution is 6.30. The molecule has 0 bridgehead atoms. The molecule has 8 heteroatoms. The van der Waals surface area contributed by atoms with Crippen LogP contribution in [0.2, 0.25) is 5.02 Å². The van der Waals surface area contributed by atoms with Crippen LogP contribution in [0.1, 0.15) is 57.6 Å². The third kappa shape index (κ3) is 13.3. The molecule has 3 aromatic carbocycles. The normalized spacial score (nSPS) is 9.40. The molecule has 0 fully saturated rings. The molecule has 4 aromatic rings. The minimum Gasteiger partial charge on any atom is -0.370 e. The van der Waals surface area contributed by atoms with Gasteiger partial charge in [0.2, 0.25) is 0 Å². The molecule has 7 nitrogen and oxygen atoms in total. The lowest BCUT2D eigenvalue weighted by Gasteiger charge is -2.11. The molecule has 0 radical (unpaired) electrons. The molecule has 0 amide bonds. The highest BCUT2D eigenvalue weighted by atomic mass is 35.5. The largest absolute Gasteiger partial charge is 0.370 e. The number of aromatic nitrogens is 2. The number of para-hydroxylation sites is 2. The van der Waals surface area contributed by atoms with Gasteiger partial charge in [0.1, 0.15) is 13.6 Å². The van der Waals surface area contributed by atoms with E-state index in [4.69, 9.17) is 26.9 Å². The summed E-state index contributed by atoms with van der Waals surface area (Å²) < 4.78 is 0. The monoisotopic (exact) mass is 565 g/mol. The van der Waals surface area contributed by atoms with E-state index in [1.54, 1.807) is 0 Å². The second-order valence-corrected chi connectivity index (χ2v) is 9.16. The van der Waals surface area contributed by atoms with Crippen molar-refractivity contribution < 1.29 is 9.59 Å². The molecule has 4 rings (SSSR count). The maximum atomic E-state index is 8.00. The summed E-state index contributed by atoms with van der Waals surface area (Å²) in [6.07, 6.45) is 3.37. The zero-order valence-corrected chi connectivity index (χ0v) is 25.2. The molecule has 4 N–H and O–H groups in total. The van der Waals surface area contributed by atoms with E-state index in [0.29, 0.717) is 5.92 Å². The molecule has 0 atom stereocenters. The number of aryl methyl sites for hydroxylation is 1. The van der Waals surface area contributed by atoms with Crippen molar-refractivity contribution in [1.29, 1.82) is 0 Å². The van der Waals surface area contributed by atoms with Crippen molar-refractivity contribution in [2.24, 2.45) is 5.73 Å². The van der Waals surface area contributed by atoms with E-state index in [1.807, 2.05) is 57.0 Å². The smallest absolute Gasteiger partial charge is 0.174 e. The number of hydrogen-bond donors (Lipinski definition) is 3. The average molecular weight is 566 g/mol. The molecule has 0 saturated carbocycles. The number of fused-ring (bicyclic) bond motifs is 1. The molecule has 0 aliphatic heterocycles. The maximum absolute atomic E-state index is 8.00. The summed E-state index contributed by atoms with van der Waals surface area (Å²) in [5.41, 5.74) is 10.5. The molecular weight excluding hydrogens is 522 g/mol. The van der Waals surface area contributed by atoms with Crippen molar-refractivity contribution in [1.82, 2.24) is 9.97 Å². The lowest BCUT2D eigenvalue weighted by molar-refractivity contribution is -0.0987. The van der Waals surface area contributed by atoms with Crippen LogP contribution in [0.25, 0.3) is 11.0 Å². The maximum Gasteiger partial charge on any atom is 0.174 e. The summed E-state index contributed by atoms with van der Waals surface area (Å²) in [7, 11) is 1.86. The number of rotatable bonds is 7. The number of hydrogen-bond acceptors (Lipinski definition) is 7. The fourth-order valence-corrected chi connectivity index (χ4v) is 3.42. The van der Waals surface area contributed by atoms with Crippen molar-refractivity contribution in [3.63, 3.8) is 0 Å². The second kappa shape index (κ2) is 22.1. The highest BCUT2D eigenvalue weighted by Gasteiger charge is 2.07. The van der Waals surface area contributed by atoms with Crippen LogP contribution in [0.4, 0.5) is 17.3 Å². The van der Waals surface area contributed by atoms with Gasteiger partial charge in [-0.05, 0) is 72.8 Å². The molecule has 0 saturated heterocycles. The van der Waals surface area contributed by atoms with Gasteiger partial charge in [0, 0.05) is 17.8 Å². The van der Waals surface area contributed by atoms with E-state index >= 15 is 0 Å². The van der Waals surface area contributed by atoms with E-state index in [0.717, 1.165) is 59.2 Å². The summed E-state index contributed by atoms with van der Waals surface area (Å²) in [6, 6.07) is 24.3. The quantitative estimate of drug-likeness (QED) is 0.209. The lowest BCUT2D eigenvalue weighted by atomic mass is 10.0. The second-order valence-electron chi connectivity index (χ2n) is 8.73. The van der Waals surface area contributed by atoms with Gasteiger partial charge >= 0.3 is 0 Å². The molecule has 0 aliphatic carbocycles. The van der Waals surface area contributed by atoms with Crippen molar-refractivity contribution in [2.75, 3.05) is 24.2 Å². The Kier molecular flexibility index (Phi) is 20.0. The van der Waals surface area contributed by atoms with Crippen molar-refractivity contribution >= 4 is 53.5 Å². The molecule has 0 aliphatic rings. The molecular formula is C32H44ClN5O2. The minimum absolute atomic E-state index is 0.595. The van der Waals surface area contributed by atoms with Gasteiger partial charge in [-0.15, -0.1) is 0 Å². The Bertz CT molecular complexity index is 1200. The van der Waals surface area contributed by atoms with Gasteiger partial charge in [0.25, 0.3) is 0 Å². The number of nitrogens with two attached hydrogens (primary N) is 1. The number of carbonyl (C=O) groups is 2. The molecule has 40 heavy (non-hydrogen) atoms. The zero-order valence-electron chi connectivity index (χ0n) is 24.4. The molecule has 0 unspecified atom stereocenters. The average Bonchev–Trinajstić information content (AvgIpc) is 3.00. The first-order valence-corrected chi connectivity index (χ1v) is 13.6. The Balaban J connectivity index is 0.000000703. The van der Waals surface area contributed by atoms with Gasteiger partial charge in [-0.1, -0.05) is 82.1 Å². The molecule has 216 valence electrons. The van der Waals surface area contributed by atoms with Crippen LogP contribution in [0.15, 0.2) is 72.8 Å². The van der Waals surface area contributed by atoms with Gasteiger partial charge in [0.05, 0.1) is 11.0 Å². The number of nitrogens with one attached hydrogen (secondary N) is 2. The summed E-state index contributed by atoms with van der Waals surface area (Å²) in [5.74, 6) is 2.08. The van der Waals surface area contributed by atoms with Crippen molar-refractivity contribution in [2.45, 2.75) is 52.9 Å². The van der Waals surface area contributed by atoms with E-state index in [1.165, 1.54) is 11.1 Å². The first kappa shape index (κ1) is 36.2. The van der Waals surface area contributed by atoms with Crippen LogP contribution < -0.4 is 16.4 Å². The molecule has 1 aromatic heterocycles. The first-order chi connectivity index (χ1) is 19.4. The van der Waals surface area contributed by atoms with Crippen LogP contribution in [0.3, 0.4) is 0 Å². The van der Waals surface area contributed by atoms with Crippen LogP contribution in [-0.2, 0) is 16.0 Å². The van der Waals surface area contributed by atoms with Crippen LogP contribution in [0.5, 0.6) is 0 Å². The van der Waals surface area contributed by atoms with Gasteiger partial charge < -0.3 is 26.0 Å². The van der Waals surface area contributed by atoms with Gasteiger partial charge in [-0.25, -0.2) is 9.97 Å². The number of benzene rings is 3. The Labute approximate surface area is 244 Å². The molecule has 0 spiro atoms. The van der Waals surface area contributed by atoms with Crippen molar-refractivity contribution in [3.8, 4) is 0 Å². The third-order valence-corrected chi connectivity index (χ3v) is 5.64. The summed E-state index contributed by atoms with van der Waals surface area (Å²) in [5, 5.41) is 7.26. The fourth-order valence-electron chi connectivity index (χ4n) is 3.29. The van der Waals surface area contributed by atoms with Crippen LogP contribution in [-0.4, -0.2) is 37.1 Å². The topological polar surface area (TPSA) is 110 Å². The van der Waals surface area contributed by atoms with E-state index in [9.17, 15) is 0 Å². The number of nitrogens with zero attached hydrogens (tertiary/aromatic N) is 2. The third-order valence-electron chi connectivity index (χ3n) is 5.39. The lowest BCUT2D eigenvalue weighted by Crippen LogP contribution is -2.03. The molecule has 1 heterocycles. The fraction of sp³-hybridized carbons (Fsp3) is 0.312. The van der Waals surface area contributed by atoms with E-state index < -0.39 is 0 Å². The van der Waals surface area contributed by atoms with Crippen molar-refractivity contribution in [3.05, 3.63) is 88.9 Å². The number of halogens is 1. The Morgan fingerprint density at radius 1 is 0.800 bits per heavy atom. The number of anilines is 3. The summed E-state index contributed by atoms with van der Waals surface area (Å²) in [4.78, 5) is 25.3. The van der Waals surface area contributed by atoms with Gasteiger partial charge in [-0.3, -0.25) is 0 Å². The predicted molar refractivity (Wildman–Crippen MR) is 172 cm³/mol. The predicted octanol–water partition coefficient (Wildman–Crippen LogP) is 7.82. The van der Waals surface area contributed by atoms with E-state index in [2.05, 4.69) is 84.7 Å². The first-order valence-electron chi connectivity index (χ1n) is 13.3. The SMILES string of the molecule is C=O.C=O.CC(C)c1ccc(Cl)cc1.CCCN.CCCc1ccc(Nc2nc3ccccc3nc2NC)cc1. The van der Waals surface area contributed by atoms with Gasteiger partial charge in [-0.2, -0.15) is 0 Å².